The van der Waals surface area contributed by atoms with E-state index in [1.165, 1.54) is 24.3 Å². The summed E-state index contributed by atoms with van der Waals surface area (Å²) in [6, 6.07) is 4.86. The number of carbonyl (C=O) groups is 2. The van der Waals surface area contributed by atoms with Crippen LogP contribution in [-0.2, 0) is 4.79 Å². The molecule has 0 radical (unpaired) electrons. The molecule has 1 aromatic rings. The molecule has 1 aliphatic heterocycles. The van der Waals surface area contributed by atoms with Gasteiger partial charge in [0, 0.05) is 24.6 Å². The van der Waals surface area contributed by atoms with Crippen molar-refractivity contribution in [3.05, 3.63) is 34.4 Å². The highest BCUT2D eigenvalue weighted by molar-refractivity contribution is 6.16. The predicted octanol–water partition coefficient (Wildman–Crippen LogP) is 1.82. The highest BCUT2D eigenvalue weighted by Crippen LogP contribution is 2.36. The number of urea groups is 1. The summed E-state index contributed by atoms with van der Waals surface area (Å²) in [4.78, 5) is 35.2. The molecule has 1 aromatic carbocycles. The Kier molecular flexibility index (Phi) is 2.89. The van der Waals surface area contributed by atoms with E-state index >= 15 is 0 Å². The van der Waals surface area contributed by atoms with E-state index in [-0.39, 0.29) is 24.1 Å². The molecule has 0 spiro atoms. The maximum atomic E-state index is 12.1. The van der Waals surface area contributed by atoms with Crippen LogP contribution >= 0.6 is 0 Å². The molecule has 2 fully saturated rings. The van der Waals surface area contributed by atoms with Crippen molar-refractivity contribution in [1.82, 2.24) is 5.32 Å². The lowest BCUT2D eigenvalue weighted by atomic mass is 10.1. The number of nitro groups is 1. The molecule has 1 N–H and O–H groups in total. The summed E-state index contributed by atoms with van der Waals surface area (Å²) in [6.45, 7) is 0. The maximum absolute atomic E-state index is 12.1. The minimum atomic E-state index is -0.523. The molecule has 1 heterocycles. The van der Waals surface area contributed by atoms with Crippen LogP contribution in [0.4, 0.5) is 16.2 Å². The molecule has 1 aliphatic carbocycles. The van der Waals surface area contributed by atoms with Crippen LogP contribution < -0.4 is 10.2 Å². The van der Waals surface area contributed by atoms with Gasteiger partial charge in [0.15, 0.2) is 0 Å². The van der Waals surface area contributed by atoms with Crippen molar-refractivity contribution >= 4 is 23.3 Å². The van der Waals surface area contributed by atoms with Gasteiger partial charge in [-0.3, -0.25) is 14.9 Å². The Morgan fingerprint density at radius 3 is 2.35 bits per heavy atom. The SMILES string of the molecule is O=C1CC(C2CC2)NC(=O)N1c1ccc([N+](=O)[O-])cc1. The van der Waals surface area contributed by atoms with Crippen LogP contribution in [0.2, 0.25) is 0 Å². The van der Waals surface area contributed by atoms with Gasteiger partial charge < -0.3 is 5.32 Å². The third kappa shape index (κ3) is 2.22. The summed E-state index contributed by atoms with van der Waals surface area (Å²) in [5.41, 5.74) is 0.279. The number of anilines is 1. The van der Waals surface area contributed by atoms with Gasteiger partial charge >= 0.3 is 6.03 Å². The van der Waals surface area contributed by atoms with Gasteiger partial charge in [-0.25, -0.2) is 9.69 Å². The fourth-order valence-electron chi connectivity index (χ4n) is 2.43. The number of imide groups is 1. The second-order valence-electron chi connectivity index (χ2n) is 5.10. The summed E-state index contributed by atoms with van der Waals surface area (Å²) >= 11 is 0. The number of amides is 3. The Morgan fingerprint density at radius 2 is 1.85 bits per heavy atom. The van der Waals surface area contributed by atoms with Crippen molar-refractivity contribution in [3.8, 4) is 0 Å². The van der Waals surface area contributed by atoms with Crippen LogP contribution in [0, 0.1) is 16.0 Å². The zero-order valence-electron chi connectivity index (χ0n) is 10.6. The molecular formula is C13H13N3O4. The summed E-state index contributed by atoms with van der Waals surface area (Å²) < 4.78 is 0. The molecule has 7 nitrogen and oxygen atoms in total. The van der Waals surface area contributed by atoms with Gasteiger partial charge in [-0.1, -0.05) is 0 Å². The molecule has 1 unspecified atom stereocenters. The first-order valence-corrected chi connectivity index (χ1v) is 6.44. The summed E-state index contributed by atoms with van der Waals surface area (Å²) in [5.74, 6) is 0.154. The highest BCUT2D eigenvalue weighted by atomic mass is 16.6. The van der Waals surface area contributed by atoms with Gasteiger partial charge in [-0.05, 0) is 30.9 Å². The van der Waals surface area contributed by atoms with Gasteiger partial charge in [-0.2, -0.15) is 0 Å². The minimum Gasteiger partial charge on any atom is -0.334 e. The monoisotopic (exact) mass is 275 g/mol. The number of nitro benzene ring substituents is 1. The first-order chi connectivity index (χ1) is 9.56. The van der Waals surface area contributed by atoms with E-state index in [1.807, 2.05) is 0 Å². The fourth-order valence-corrected chi connectivity index (χ4v) is 2.43. The number of nitrogens with one attached hydrogen (secondary N) is 1. The van der Waals surface area contributed by atoms with E-state index in [4.69, 9.17) is 0 Å². The Morgan fingerprint density at radius 1 is 1.20 bits per heavy atom. The largest absolute Gasteiger partial charge is 0.334 e. The van der Waals surface area contributed by atoms with Gasteiger partial charge in [0.05, 0.1) is 10.6 Å². The van der Waals surface area contributed by atoms with Crippen LogP contribution in [0.15, 0.2) is 24.3 Å². The van der Waals surface area contributed by atoms with Crippen LogP contribution in [0.5, 0.6) is 0 Å². The molecular weight excluding hydrogens is 262 g/mol. The zero-order valence-corrected chi connectivity index (χ0v) is 10.6. The summed E-state index contributed by atoms with van der Waals surface area (Å²) in [5, 5.41) is 13.4. The average Bonchev–Trinajstić information content (AvgIpc) is 3.22. The van der Waals surface area contributed by atoms with Crippen molar-refractivity contribution in [3.63, 3.8) is 0 Å². The number of rotatable bonds is 3. The molecule has 1 saturated carbocycles. The third-order valence-corrected chi connectivity index (χ3v) is 3.67. The number of non-ortho nitro benzene ring substituents is 1. The Bertz CT molecular complexity index is 562. The van der Waals surface area contributed by atoms with Crippen LogP contribution in [-0.4, -0.2) is 22.9 Å². The van der Waals surface area contributed by atoms with E-state index in [0.29, 0.717) is 11.6 Å². The first kappa shape index (κ1) is 12.6. The Balaban J connectivity index is 1.80. The van der Waals surface area contributed by atoms with E-state index in [9.17, 15) is 19.7 Å². The van der Waals surface area contributed by atoms with E-state index in [2.05, 4.69) is 5.32 Å². The van der Waals surface area contributed by atoms with Crippen LogP contribution in [0.25, 0.3) is 0 Å². The molecule has 3 amide bonds. The number of carbonyl (C=O) groups excluding carboxylic acids is 2. The summed E-state index contributed by atoms with van der Waals surface area (Å²) in [7, 11) is 0. The normalized spacial score (nSPS) is 22.6. The smallest absolute Gasteiger partial charge is 0.328 e. The van der Waals surface area contributed by atoms with Gasteiger partial charge in [0.2, 0.25) is 5.91 Å². The zero-order chi connectivity index (χ0) is 14.3. The lowest BCUT2D eigenvalue weighted by Crippen LogP contribution is -2.55. The molecule has 1 saturated heterocycles. The van der Waals surface area contributed by atoms with Crippen molar-refractivity contribution in [1.29, 1.82) is 0 Å². The lowest BCUT2D eigenvalue weighted by molar-refractivity contribution is -0.384. The topological polar surface area (TPSA) is 92.6 Å². The first-order valence-electron chi connectivity index (χ1n) is 6.44. The molecule has 3 rings (SSSR count). The van der Waals surface area contributed by atoms with Crippen molar-refractivity contribution in [2.24, 2.45) is 5.92 Å². The Hall–Kier alpha value is -2.44. The standard InChI is InChI=1S/C13H13N3O4/c17-12-7-11(8-1-2-8)14-13(18)15(12)9-3-5-10(6-4-9)16(19)20/h3-6,8,11H,1-2,7H2,(H,14,18). The average molecular weight is 275 g/mol. The van der Waals surface area contributed by atoms with Gasteiger partial charge in [-0.15, -0.1) is 0 Å². The summed E-state index contributed by atoms with van der Waals surface area (Å²) in [6.07, 6.45) is 2.39. The Labute approximate surface area is 114 Å². The highest BCUT2D eigenvalue weighted by Gasteiger charge is 2.40. The molecule has 20 heavy (non-hydrogen) atoms. The van der Waals surface area contributed by atoms with Gasteiger partial charge in [0.1, 0.15) is 0 Å². The van der Waals surface area contributed by atoms with E-state index in [1.54, 1.807) is 0 Å². The quantitative estimate of drug-likeness (QED) is 0.672. The van der Waals surface area contributed by atoms with Crippen LogP contribution in [0.3, 0.4) is 0 Å². The van der Waals surface area contributed by atoms with Crippen molar-refractivity contribution in [2.45, 2.75) is 25.3 Å². The molecule has 0 aromatic heterocycles. The molecule has 1 atom stereocenters. The molecule has 104 valence electrons. The second-order valence-corrected chi connectivity index (χ2v) is 5.10. The number of nitrogens with zero attached hydrogens (tertiary/aromatic N) is 2. The second kappa shape index (κ2) is 4.59. The van der Waals surface area contributed by atoms with Gasteiger partial charge in [0.25, 0.3) is 5.69 Å². The van der Waals surface area contributed by atoms with Crippen LogP contribution in [0.1, 0.15) is 19.3 Å². The predicted molar refractivity (Wildman–Crippen MR) is 70.2 cm³/mol. The van der Waals surface area contributed by atoms with Crippen molar-refractivity contribution < 1.29 is 14.5 Å². The minimum absolute atomic E-state index is 0.0655. The van der Waals surface area contributed by atoms with E-state index in [0.717, 1.165) is 17.7 Å². The van der Waals surface area contributed by atoms with Crippen molar-refractivity contribution in [2.75, 3.05) is 4.90 Å². The fraction of sp³-hybridized carbons (Fsp3) is 0.385. The lowest BCUT2D eigenvalue weighted by Gasteiger charge is -2.31. The van der Waals surface area contributed by atoms with E-state index < -0.39 is 11.0 Å². The number of hydrogen-bond donors (Lipinski definition) is 1. The third-order valence-electron chi connectivity index (χ3n) is 3.67. The molecule has 2 aliphatic rings. The molecule has 0 bridgehead atoms. The molecule has 7 heteroatoms. The number of hydrogen-bond acceptors (Lipinski definition) is 4. The number of benzene rings is 1. The maximum Gasteiger partial charge on any atom is 0.328 e.